The monoisotopic (exact) mass is 472 g/mol. The lowest BCUT2D eigenvalue weighted by molar-refractivity contribution is -0.108. The van der Waals surface area contributed by atoms with Crippen LogP contribution in [0.25, 0.3) is 0 Å². The molecule has 0 saturated carbocycles. The van der Waals surface area contributed by atoms with E-state index in [0.717, 1.165) is 46.4 Å². The predicted molar refractivity (Wildman–Crippen MR) is 145 cm³/mol. The third-order valence-corrected chi connectivity index (χ3v) is 5.78. The number of likely N-dealkylation sites (N-methyl/N-ethyl adjacent to an activating group) is 2. The van der Waals surface area contributed by atoms with Crippen LogP contribution in [0.5, 0.6) is 0 Å². The molecule has 0 amide bonds. The van der Waals surface area contributed by atoms with E-state index in [9.17, 15) is 9.59 Å². The molecule has 6 heteroatoms. The lowest BCUT2D eigenvalue weighted by atomic mass is 10.0. The van der Waals surface area contributed by atoms with Gasteiger partial charge in [0, 0.05) is 49.6 Å². The summed E-state index contributed by atoms with van der Waals surface area (Å²) in [6.07, 6.45) is 14.5. The molecule has 2 rings (SSSR count). The highest BCUT2D eigenvalue weighted by Gasteiger charge is 2.18. The molecular formula is C29H36N4O2. The summed E-state index contributed by atoms with van der Waals surface area (Å²) in [5.74, 6) is 0. The van der Waals surface area contributed by atoms with Crippen molar-refractivity contribution in [1.29, 1.82) is 0 Å². The molecule has 1 unspecified atom stereocenters. The lowest BCUT2D eigenvalue weighted by Gasteiger charge is -2.30. The fourth-order valence-corrected chi connectivity index (χ4v) is 3.82. The minimum absolute atomic E-state index is 0.0194. The van der Waals surface area contributed by atoms with Gasteiger partial charge in [0.15, 0.2) is 0 Å². The van der Waals surface area contributed by atoms with Gasteiger partial charge in [0.1, 0.15) is 12.6 Å². The maximum atomic E-state index is 11.7. The van der Waals surface area contributed by atoms with Crippen molar-refractivity contribution in [2.24, 2.45) is 4.99 Å². The van der Waals surface area contributed by atoms with Gasteiger partial charge in [-0.15, -0.1) is 0 Å². The van der Waals surface area contributed by atoms with Crippen molar-refractivity contribution in [1.82, 2.24) is 15.5 Å². The SMILES string of the molecule is C=C/C=C1/C=CC=C/C1=N/CC(=C)NCc1ccc(C=O)c(CN(C)C(CCC=O)C(=C)NC)c1. The molecule has 1 aliphatic rings. The maximum Gasteiger partial charge on any atom is 0.150 e. The molecule has 35 heavy (non-hydrogen) atoms. The normalized spacial score (nSPS) is 15.7. The van der Waals surface area contributed by atoms with Gasteiger partial charge < -0.3 is 15.4 Å². The molecule has 0 bridgehead atoms. The molecule has 2 N–H and O–H groups in total. The molecule has 6 nitrogen and oxygen atoms in total. The second-order valence-corrected chi connectivity index (χ2v) is 8.34. The molecule has 1 aromatic rings. The first-order chi connectivity index (χ1) is 16.9. The summed E-state index contributed by atoms with van der Waals surface area (Å²) in [5.41, 5.74) is 6.16. The van der Waals surface area contributed by atoms with Crippen LogP contribution in [0.3, 0.4) is 0 Å². The number of aliphatic imine (C=N–C) groups is 1. The van der Waals surface area contributed by atoms with Gasteiger partial charge >= 0.3 is 0 Å². The maximum absolute atomic E-state index is 11.7. The fraction of sp³-hybridized carbons (Fsp3) is 0.276. The second kappa shape index (κ2) is 14.5. The van der Waals surface area contributed by atoms with E-state index in [1.807, 2.05) is 62.7 Å². The largest absolute Gasteiger partial charge is 0.391 e. The zero-order chi connectivity index (χ0) is 25.6. The molecule has 184 valence electrons. The summed E-state index contributed by atoms with van der Waals surface area (Å²) in [7, 11) is 3.80. The van der Waals surface area contributed by atoms with E-state index in [1.54, 1.807) is 6.08 Å². The number of aldehydes is 2. The highest BCUT2D eigenvalue weighted by atomic mass is 16.1. The Kier molecular flexibility index (Phi) is 11.4. The van der Waals surface area contributed by atoms with E-state index in [-0.39, 0.29) is 6.04 Å². The standard InChI is InChI=1S/C29H36N4O2/c1-6-10-25-11-7-8-12-28(25)32-18-22(2)31-19-24-14-15-26(21-35)27(17-24)20-33(5)29(13-9-16-34)23(3)30-4/h6-8,10-12,14-17,21,29-31H,1-3,9,13,18-20H2,4-5H3/b25-10-,32-28-. The van der Waals surface area contributed by atoms with E-state index in [0.29, 0.717) is 38.0 Å². The molecule has 0 heterocycles. The van der Waals surface area contributed by atoms with Gasteiger partial charge in [-0.05, 0) is 36.2 Å². The van der Waals surface area contributed by atoms with Gasteiger partial charge in [0.05, 0.1) is 12.3 Å². The van der Waals surface area contributed by atoms with E-state index in [1.165, 1.54) is 0 Å². The Morgan fingerprint density at radius 2 is 1.97 bits per heavy atom. The van der Waals surface area contributed by atoms with Crippen LogP contribution in [0.1, 0.15) is 34.3 Å². The fourth-order valence-electron chi connectivity index (χ4n) is 3.82. The minimum Gasteiger partial charge on any atom is -0.391 e. The van der Waals surface area contributed by atoms with Crippen molar-refractivity contribution in [3.63, 3.8) is 0 Å². The number of nitrogens with one attached hydrogen (secondary N) is 2. The van der Waals surface area contributed by atoms with Crippen LogP contribution in [0.15, 0.2) is 96.4 Å². The van der Waals surface area contributed by atoms with Crippen molar-refractivity contribution < 1.29 is 9.59 Å². The van der Waals surface area contributed by atoms with Gasteiger partial charge in [0.2, 0.25) is 0 Å². The average molecular weight is 473 g/mol. The highest BCUT2D eigenvalue weighted by Crippen LogP contribution is 2.18. The number of allylic oxidation sites excluding steroid dienone is 7. The van der Waals surface area contributed by atoms with Crippen LogP contribution >= 0.6 is 0 Å². The van der Waals surface area contributed by atoms with Crippen molar-refractivity contribution in [2.45, 2.75) is 32.0 Å². The Morgan fingerprint density at radius 3 is 2.66 bits per heavy atom. The summed E-state index contributed by atoms with van der Waals surface area (Å²) in [5, 5.41) is 6.42. The Hall–Kier alpha value is -3.77. The van der Waals surface area contributed by atoms with Gasteiger partial charge in [0.25, 0.3) is 0 Å². The van der Waals surface area contributed by atoms with Crippen LogP contribution in [0, 0.1) is 0 Å². The summed E-state index contributed by atoms with van der Waals surface area (Å²) >= 11 is 0. The quantitative estimate of drug-likeness (QED) is 0.373. The van der Waals surface area contributed by atoms with Crippen LogP contribution in [-0.4, -0.2) is 49.9 Å². The van der Waals surface area contributed by atoms with E-state index in [2.05, 4.69) is 40.3 Å². The third-order valence-electron chi connectivity index (χ3n) is 5.78. The minimum atomic E-state index is -0.0194. The van der Waals surface area contributed by atoms with Gasteiger partial charge in [-0.1, -0.05) is 68.3 Å². The molecule has 1 atom stereocenters. The van der Waals surface area contributed by atoms with E-state index >= 15 is 0 Å². The van der Waals surface area contributed by atoms with Crippen molar-refractivity contribution >= 4 is 18.3 Å². The van der Waals surface area contributed by atoms with Crippen LogP contribution in [0.2, 0.25) is 0 Å². The number of rotatable bonds is 15. The number of nitrogens with zero attached hydrogens (tertiary/aromatic N) is 2. The van der Waals surface area contributed by atoms with Crippen molar-refractivity contribution in [3.05, 3.63) is 108 Å². The van der Waals surface area contributed by atoms with Gasteiger partial charge in [-0.2, -0.15) is 0 Å². The predicted octanol–water partition coefficient (Wildman–Crippen LogP) is 4.29. The molecule has 0 aliphatic heterocycles. The zero-order valence-corrected chi connectivity index (χ0v) is 20.8. The van der Waals surface area contributed by atoms with Crippen LogP contribution in [-0.2, 0) is 17.9 Å². The third kappa shape index (κ3) is 8.50. The zero-order valence-electron chi connectivity index (χ0n) is 20.8. The van der Waals surface area contributed by atoms with Crippen molar-refractivity contribution in [3.8, 4) is 0 Å². The van der Waals surface area contributed by atoms with Gasteiger partial charge in [-0.3, -0.25) is 14.7 Å². The Balaban J connectivity index is 2.05. The van der Waals surface area contributed by atoms with E-state index in [4.69, 9.17) is 0 Å². The van der Waals surface area contributed by atoms with Crippen LogP contribution < -0.4 is 10.6 Å². The molecule has 1 aromatic carbocycles. The number of hydrogen-bond acceptors (Lipinski definition) is 6. The Morgan fingerprint density at radius 1 is 1.20 bits per heavy atom. The molecule has 0 radical (unpaired) electrons. The number of hydrogen-bond donors (Lipinski definition) is 2. The lowest BCUT2D eigenvalue weighted by Crippen LogP contribution is -2.36. The Bertz CT molecular complexity index is 1060. The second-order valence-electron chi connectivity index (χ2n) is 8.34. The topological polar surface area (TPSA) is 73.8 Å². The van der Waals surface area contributed by atoms with Crippen LogP contribution in [0.4, 0.5) is 0 Å². The average Bonchev–Trinajstić information content (AvgIpc) is 2.87. The molecule has 0 fully saturated rings. The number of benzene rings is 1. The van der Waals surface area contributed by atoms with Gasteiger partial charge in [-0.25, -0.2) is 0 Å². The smallest absolute Gasteiger partial charge is 0.150 e. The molecule has 0 spiro atoms. The molecule has 0 aromatic heterocycles. The first-order valence-corrected chi connectivity index (χ1v) is 11.6. The summed E-state index contributed by atoms with van der Waals surface area (Å²) in [6, 6.07) is 5.80. The molecule has 0 saturated heterocycles. The first-order valence-electron chi connectivity index (χ1n) is 11.6. The van der Waals surface area contributed by atoms with Crippen molar-refractivity contribution in [2.75, 3.05) is 20.6 Å². The summed E-state index contributed by atoms with van der Waals surface area (Å²) in [6.45, 7) is 13.5. The van der Waals surface area contributed by atoms with E-state index < -0.39 is 0 Å². The molecular weight excluding hydrogens is 436 g/mol. The summed E-state index contributed by atoms with van der Waals surface area (Å²) < 4.78 is 0. The summed E-state index contributed by atoms with van der Waals surface area (Å²) in [4.78, 5) is 29.3. The Labute approximate surface area is 209 Å². The molecule has 1 aliphatic carbocycles. The highest BCUT2D eigenvalue weighted by molar-refractivity contribution is 6.11. The number of carbonyl (C=O) groups is 2. The number of carbonyl (C=O) groups excluding carboxylic acids is 2. The first kappa shape index (κ1) is 27.5.